The molecule has 0 aliphatic carbocycles. The van der Waals surface area contributed by atoms with Gasteiger partial charge in [0.15, 0.2) is 5.13 Å². The van der Waals surface area contributed by atoms with Crippen LogP contribution in [0.5, 0.6) is 5.75 Å². The first-order valence-electron chi connectivity index (χ1n) is 11.4. The lowest BCUT2D eigenvalue weighted by Crippen LogP contribution is -2.38. The molecule has 4 aromatic rings. The number of aromatic nitrogens is 1. The monoisotopic (exact) mass is 590 g/mol. The molecule has 0 bridgehead atoms. The Morgan fingerprint density at radius 2 is 1.59 bits per heavy atom. The number of amides is 1. The van der Waals surface area contributed by atoms with Crippen molar-refractivity contribution in [1.29, 1.82) is 0 Å². The molecule has 0 unspecified atom stereocenters. The lowest BCUT2D eigenvalue weighted by atomic mass is 10.3. The minimum atomic E-state index is -4.24. The molecule has 14 heteroatoms. The van der Waals surface area contributed by atoms with Gasteiger partial charge < -0.3 is 10.1 Å². The van der Waals surface area contributed by atoms with E-state index in [2.05, 4.69) is 15.0 Å². The Morgan fingerprint density at radius 1 is 0.949 bits per heavy atom. The summed E-state index contributed by atoms with van der Waals surface area (Å²) in [6.07, 6.45) is 1.46. The molecular weight excluding hydrogens is 567 g/mol. The molecule has 2 N–H and O–H groups in total. The number of sulfonamides is 2. The maximum absolute atomic E-state index is 13.5. The van der Waals surface area contributed by atoms with Crippen LogP contribution in [0.15, 0.2) is 94.2 Å². The minimum absolute atomic E-state index is 0.0540. The minimum Gasteiger partial charge on any atom is -0.494 e. The number of carbonyl (C=O) groups excluding carboxylic acids is 1. The quantitative estimate of drug-likeness (QED) is 0.266. The van der Waals surface area contributed by atoms with Crippen molar-refractivity contribution in [1.82, 2.24) is 4.98 Å². The van der Waals surface area contributed by atoms with E-state index in [0.717, 1.165) is 27.8 Å². The second kappa shape index (κ2) is 11.8. The second-order valence-corrected chi connectivity index (χ2v) is 12.3. The van der Waals surface area contributed by atoms with Gasteiger partial charge in [-0.05, 0) is 79.7 Å². The van der Waals surface area contributed by atoms with Gasteiger partial charge in [0.1, 0.15) is 18.1 Å². The van der Waals surface area contributed by atoms with Crippen LogP contribution >= 0.6 is 11.3 Å². The summed E-state index contributed by atoms with van der Waals surface area (Å²) in [7, 11) is -8.12. The number of hydrogen-bond acceptors (Lipinski definition) is 8. The SMILES string of the molecule is CCOc1ccc(S(=O)(=O)N(CC(=O)Nc2ccc(S(=O)(=O)Nc3nccs3)cc2)c2ccc(F)cc2)cc1. The Labute approximate surface area is 229 Å². The summed E-state index contributed by atoms with van der Waals surface area (Å²) in [5, 5.41) is 4.40. The number of nitrogens with one attached hydrogen (secondary N) is 2. The van der Waals surface area contributed by atoms with E-state index >= 15 is 0 Å². The van der Waals surface area contributed by atoms with E-state index in [-0.39, 0.29) is 26.3 Å². The largest absolute Gasteiger partial charge is 0.494 e. The van der Waals surface area contributed by atoms with E-state index in [0.29, 0.717) is 12.4 Å². The van der Waals surface area contributed by atoms with Crippen LogP contribution in [0.1, 0.15) is 6.92 Å². The van der Waals surface area contributed by atoms with Gasteiger partial charge in [0.05, 0.1) is 22.1 Å². The van der Waals surface area contributed by atoms with E-state index in [9.17, 15) is 26.0 Å². The van der Waals surface area contributed by atoms with Gasteiger partial charge in [0.2, 0.25) is 5.91 Å². The molecule has 204 valence electrons. The maximum Gasteiger partial charge on any atom is 0.264 e. The van der Waals surface area contributed by atoms with Gasteiger partial charge in [-0.2, -0.15) is 0 Å². The number of anilines is 3. The number of halogens is 1. The fourth-order valence-corrected chi connectivity index (χ4v) is 6.63. The van der Waals surface area contributed by atoms with Crippen molar-refractivity contribution in [2.24, 2.45) is 0 Å². The van der Waals surface area contributed by atoms with Crippen molar-refractivity contribution in [3.8, 4) is 5.75 Å². The Kier molecular flexibility index (Phi) is 8.47. The van der Waals surface area contributed by atoms with Crippen molar-refractivity contribution in [3.05, 3.63) is 90.2 Å². The van der Waals surface area contributed by atoms with Crippen LogP contribution in [0.4, 0.5) is 20.9 Å². The Morgan fingerprint density at radius 3 is 2.18 bits per heavy atom. The van der Waals surface area contributed by atoms with Crippen LogP contribution in [0.25, 0.3) is 0 Å². The summed E-state index contributed by atoms with van der Waals surface area (Å²) in [4.78, 5) is 16.7. The smallest absolute Gasteiger partial charge is 0.264 e. The van der Waals surface area contributed by atoms with Gasteiger partial charge in [0, 0.05) is 17.3 Å². The van der Waals surface area contributed by atoms with Crippen LogP contribution in [-0.4, -0.2) is 40.9 Å². The predicted molar refractivity (Wildman–Crippen MR) is 147 cm³/mol. The third kappa shape index (κ3) is 6.90. The van der Waals surface area contributed by atoms with Crippen molar-refractivity contribution in [3.63, 3.8) is 0 Å². The number of thiazole rings is 1. The lowest BCUT2D eigenvalue weighted by Gasteiger charge is -2.24. The molecule has 10 nitrogen and oxygen atoms in total. The topological polar surface area (TPSA) is 135 Å². The average molecular weight is 591 g/mol. The summed E-state index contributed by atoms with van der Waals surface area (Å²) >= 11 is 1.12. The molecule has 3 aromatic carbocycles. The van der Waals surface area contributed by atoms with Crippen molar-refractivity contribution < 1.29 is 30.8 Å². The van der Waals surface area contributed by atoms with Gasteiger partial charge in [-0.25, -0.2) is 26.2 Å². The number of nitrogens with zero attached hydrogens (tertiary/aromatic N) is 2. The predicted octanol–water partition coefficient (Wildman–Crippen LogP) is 4.32. The highest BCUT2D eigenvalue weighted by atomic mass is 32.2. The van der Waals surface area contributed by atoms with E-state index in [1.54, 1.807) is 12.3 Å². The van der Waals surface area contributed by atoms with Crippen LogP contribution in [0.3, 0.4) is 0 Å². The van der Waals surface area contributed by atoms with E-state index in [4.69, 9.17) is 4.74 Å². The summed E-state index contributed by atoms with van der Waals surface area (Å²) in [5.74, 6) is -0.791. The normalized spacial score (nSPS) is 11.5. The first-order chi connectivity index (χ1) is 18.6. The Bertz CT molecular complexity index is 1630. The molecule has 0 spiro atoms. The van der Waals surface area contributed by atoms with Gasteiger partial charge in [0.25, 0.3) is 20.0 Å². The molecular formula is C25H23FN4O6S3. The zero-order valence-electron chi connectivity index (χ0n) is 20.4. The fourth-order valence-electron chi connectivity index (χ4n) is 3.42. The van der Waals surface area contributed by atoms with Crippen LogP contribution in [0, 0.1) is 5.82 Å². The molecule has 0 saturated carbocycles. The first-order valence-corrected chi connectivity index (χ1v) is 15.2. The van der Waals surface area contributed by atoms with E-state index < -0.39 is 38.3 Å². The molecule has 1 heterocycles. The second-order valence-electron chi connectivity index (χ2n) is 7.91. The molecule has 1 aromatic heterocycles. The van der Waals surface area contributed by atoms with Crippen molar-refractivity contribution in [2.75, 3.05) is 27.5 Å². The lowest BCUT2D eigenvalue weighted by molar-refractivity contribution is -0.114. The third-order valence-corrected chi connectivity index (χ3v) is 9.19. The Hall–Kier alpha value is -4.01. The standard InChI is InChI=1S/C25H23FN4O6S3/c1-2-36-21-9-13-23(14-10-21)39(34,35)30(20-7-3-18(26)4-8-20)17-24(31)28-19-5-11-22(12-6-19)38(32,33)29-25-27-15-16-37-25/h3-16H,2,17H2,1H3,(H,27,29)(H,28,31). The molecule has 0 aliphatic heterocycles. The number of rotatable bonds is 11. The molecule has 0 fully saturated rings. The zero-order valence-corrected chi connectivity index (χ0v) is 22.9. The summed E-state index contributed by atoms with van der Waals surface area (Å²) in [5.41, 5.74) is 0.320. The van der Waals surface area contributed by atoms with Crippen molar-refractivity contribution in [2.45, 2.75) is 16.7 Å². The molecule has 1 amide bonds. The van der Waals surface area contributed by atoms with Gasteiger partial charge in [-0.3, -0.25) is 13.8 Å². The summed E-state index contributed by atoms with van der Waals surface area (Å²) < 4.78 is 74.1. The van der Waals surface area contributed by atoms with E-state index in [1.165, 1.54) is 66.9 Å². The highest BCUT2D eigenvalue weighted by Gasteiger charge is 2.27. The Balaban J connectivity index is 1.53. The summed E-state index contributed by atoms with van der Waals surface area (Å²) in [6, 6.07) is 15.7. The van der Waals surface area contributed by atoms with Crippen LogP contribution < -0.4 is 19.1 Å². The molecule has 0 atom stereocenters. The first kappa shape index (κ1) is 28.0. The van der Waals surface area contributed by atoms with Crippen molar-refractivity contribution >= 4 is 53.8 Å². The van der Waals surface area contributed by atoms with Crippen LogP contribution in [0.2, 0.25) is 0 Å². The average Bonchev–Trinajstić information content (AvgIpc) is 3.41. The number of benzene rings is 3. The molecule has 0 aliphatic rings. The summed E-state index contributed by atoms with van der Waals surface area (Å²) in [6.45, 7) is 1.57. The van der Waals surface area contributed by atoms with Gasteiger partial charge in [-0.15, -0.1) is 11.3 Å². The highest BCUT2D eigenvalue weighted by molar-refractivity contribution is 7.93. The van der Waals surface area contributed by atoms with Gasteiger partial charge in [-0.1, -0.05) is 0 Å². The number of hydrogen-bond donors (Lipinski definition) is 2. The van der Waals surface area contributed by atoms with Crippen LogP contribution in [-0.2, 0) is 24.8 Å². The molecule has 39 heavy (non-hydrogen) atoms. The molecule has 0 radical (unpaired) electrons. The highest BCUT2D eigenvalue weighted by Crippen LogP contribution is 2.26. The number of carbonyl (C=O) groups is 1. The third-order valence-electron chi connectivity index (χ3n) is 5.23. The zero-order chi connectivity index (χ0) is 28.0. The number of ether oxygens (including phenoxy) is 1. The van der Waals surface area contributed by atoms with Gasteiger partial charge >= 0.3 is 0 Å². The van der Waals surface area contributed by atoms with E-state index in [1.807, 2.05) is 0 Å². The molecule has 0 saturated heterocycles. The maximum atomic E-state index is 13.5. The fraction of sp³-hybridized carbons (Fsp3) is 0.120. The molecule has 4 rings (SSSR count).